The molecule has 3 atom stereocenters. The zero-order valence-corrected chi connectivity index (χ0v) is 10.4. The van der Waals surface area contributed by atoms with Crippen molar-refractivity contribution in [3.05, 3.63) is 0 Å². The highest BCUT2D eigenvalue weighted by molar-refractivity contribution is 5.87. The third-order valence-corrected chi connectivity index (χ3v) is 2.32. The molecule has 5 nitrogen and oxygen atoms in total. The van der Waals surface area contributed by atoms with Crippen LogP contribution in [0.3, 0.4) is 0 Å². The van der Waals surface area contributed by atoms with Crippen LogP contribution in [0.1, 0.15) is 34.1 Å². The Morgan fingerprint density at radius 3 is 2.25 bits per heavy atom. The second kappa shape index (κ2) is 7.35. The molecule has 0 bridgehead atoms. The predicted molar refractivity (Wildman–Crippen MR) is 62.0 cm³/mol. The van der Waals surface area contributed by atoms with Gasteiger partial charge in [0.05, 0.1) is 6.04 Å². The van der Waals surface area contributed by atoms with Crippen molar-refractivity contribution in [2.75, 3.05) is 6.54 Å². The van der Waals surface area contributed by atoms with Crippen molar-refractivity contribution >= 4 is 11.7 Å². The minimum atomic E-state index is -0.935. The Labute approximate surface area is 96.6 Å². The van der Waals surface area contributed by atoms with Crippen LogP contribution >= 0.6 is 0 Å². The Hall–Kier alpha value is -0.940. The summed E-state index contributed by atoms with van der Waals surface area (Å²) in [5, 5.41) is 14.8. The first-order valence-electron chi connectivity index (χ1n) is 5.57. The lowest BCUT2D eigenvalue weighted by molar-refractivity contribution is -0.128. The Kier molecular flexibility index (Phi) is 6.92. The van der Waals surface area contributed by atoms with Gasteiger partial charge in [0.25, 0.3) is 0 Å². The second-order valence-corrected chi connectivity index (χ2v) is 4.14. The fourth-order valence-corrected chi connectivity index (χ4v) is 1.40. The van der Waals surface area contributed by atoms with Crippen molar-refractivity contribution in [2.24, 2.45) is 0 Å². The number of Topliss-reactive ketones (excluding diaryl/α,β-unsaturated/α-hetero) is 1. The highest BCUT2D eigenvalue weighted by Crippen LogP contribution is 1.94. The molecule has 0 aliphatic heterocycles. The number of ketones is 1. The molecule has 0 heterocycles. The molecule has 0 aromatic rings. The summed E-state index contributed by atoms with van der Waals surface area (Å²) in [6, 6.07) is -0.275. The number of rotatable bonds is 7. The summed E-state index contributed by atoms with van der Waals surface area (Å²) in [5.74, 6) is -0.271. The monoisotopic (exact) mass is 230 g/mol. The summed E-state index contributed by atoms with van der Waals surface area (Å²) >= 11 is 0. The van der Waals surface area contributed by atoms with Crippen LogP contribution in [0.5, 0.6) is 0 Å². The van der Waals surface area contributed by atoms with Crippen molar-refractivity contribution in [3.63, 3.8) is 0 Å². The van der Waals surface area contributed by atoms with Crippen LogP contribution in [0.4, 0.5) is 0 Å². The van der Waals surface area contributed by atoms with Crippen LogP contribution in [0.2, 0.25) is 0 Å². The lowest BCUT2D eigenvalue weighted by atomic mass is 10.1. The van der Waals surface area contributed by atoms with Crippen molar-refractivity contribution in [2.45, 2.75) is 52.3 Å². The van der Waals surface area contributed by atoms with Gasteiger partial charge in [0.1, 0.15) is 6.10 Å². The van der Waals surface area contributed by atoms with Crippen LogP contribution in [0.15, 0.2) is 0 Å². The van der Waals surface area contributed by atoms with E-state index in [-0.39, 0.29) is 23.8 Å². The number of amides is 1. The van der Waals surface area contributed by atoms with Gasteiger partial charge in [0.15, 0.2) is 5.78 Å². The first-order chi connectivity index (χ1) is 7.34. The minimum absolute atomic E-state index is 0.0550. The Bertz CT molecular complexity index is 241. The minimum Gasteiger partial charge on any atom is -0.386 e. The molecule has 0 radical (unpaired) electrons. The first kappa shape index (κ1) is 15.1. The van der Waals surface area contributed by atoms with Crippen molar-refractivity contribution in [1.29, 1.82) is 0 Å². The van der Waals surface area contributed by atoms with Crippen LogP contribution in [-0.4, -0.2) is 41.5 Å². The number of carbonyl (C=O) groups is 2. The van der Waals surface area contributed by atoms with Gasteiger partial charge in [-0.05, 0) is 33.7 Å². The molecule has 0 rings (SSSR count). The van der Waals surface area contributed by atoms with Crippen LogP contribution in [0.25, 0.3) is 0 Å². The van der Waals surface area contributed by atoms with Crippen LogP contribution in [-0.2, 0) is 9.59 Å². The molecule has 1 amide bonds. The molecule has 0 aliphatic carbocycles. The molecule has 3 N–H and O–H groups in total. The van der Waals surface area contributed by atoms with Gasteiger partial charge in [0.2, 0.25) is 5.91 Å². The van der Waals surface area contributed by atoms with Gasteiger partial charge in [-0.15, -0.1) is 0 Å². The molecular formula is C11H22N2O3. The number of hydrogen-bond donors (Lipinski definition) is 3. The van der Waals surface area contributed by atoms with E-state index in [9.17, 15) is 9.59 Å². The molecule has 0 spiro atoms. The van der Waals surface area contributed by atoms with Crippen LogP contribution < -0.4 is 10.6 Å². The molecule has 0 aliphatic rings. The number of nitrogens with one attached hydrogen (secondary N) is 2. The SMILES string of the molecule is CC(=O)NC(C)CCNC(C)C(=O)C(C)O. The number of carbonyl (C=O) groups excluding carboxylic acids is 2. The maximum atomic E-state index is 11.3. The number of aliphatic hydroxyl groups excluding tert-OH is 1. The molecule has 94 valence electrons. The van der Waals surface area contributed by atoms with Gasteiger partial charge >= 0.3 is 0 Å². The molecule has 5 heteroatoms. The van der Waals surface area contributed by atoms with E-state index in [0.29, 0.717) is 6.54 Å². The smallest absolute Gasteiger partial charge is 0.217 e. The lowest BCUT2D eigenvalue weighted by Gasteiger charge is -2.17. The number of hydrogen-bond acceptors (Lipinski definition) is 4. The van der Waals surface area contributed by atoms with Gasteiger partial charge in [-0.2, -0.15) is 0 Å². The third kappa shape index (κ3) is 6.53. The Morgan fingerprint density at radius 2 is 1.81 bits per heavy atom. The van der Waals surface area contributed by atoms with Crippen molar-refractivity contribution in [1.82, 2.24) is 10.6 Å². The third-order valence-electron chi connectivity index (χ3n) is 2.32. The molecule has 16 heavy (non-hydrogen) atoms. The molecule has 0 saturated heterocycles. The van der Waals surface area contributed by atoms with E-state index in [1.807, 2.05) is 6.92 Å². The van der Waals surface area contributed by atoms with Gasteiger partial charge in [-0.3, -0.25) is 9.59 Å². The quantitative estimate of drug-likeness (QED) is 0.567. The standard InChI is InChI=1S/C11H22N2O3/c1-7(13-10(4)15)5-6-12-8(2)11(16)9(3)14/h7-9,12,14H,5-6H2,1-4H3,(H,13,15). The van der Waals surface area contributed by atoms with E-state index < -0.39 is 6.10 Å². The van der Waals surface area contributed by atoms with Gasteiger partial charge < -0.3 is 15.7 Å². The largest absolute Gasteiger partial charge is 0.386 e. The summed E-state index contributed by atoms with van der Waals surface area (Å²) in [6.45, 7) is 7.19. The zero-order valence-electron chi connectivity index (χ0n) is 10.4. The fourth-order valence-electron chi connectivity index (χ4n) is 1.40. The molecule has 0 aromatic carbocycles. The number of aliphatic hydroxyl groups is 1. The molecular weight excluding hydrogens is 208 g/mol. The average Bonchev–Trinajstić information content (AvgIpc) is 2.14. The van der Waals surface area contributed by atoms with Crippen LogP contribution in [0, 0.1) is 0 Å². The van der Waals surface area contributed by atoms with E-state index in [1.54, 1.807) is 6.92 Å². The maximum Gasteiger partial charge on any atom is 0.217 e. The molecule has 0 fully saturated rings. The summed E-state index contributed by atoms with van der Waals surface area (Å²) in [7, 11) is 0. The normalized spacial score (nSPS) is 16.3. The highest BCUT2D eigenvalue weighted by atomic mass is 16.3. The van der Waals surface area contributed by atoms with E-state index in [1.165, 1.54) is 13.8 Å². The summed E-state index contributed by atoms with van der Waals surface area (Å²) in [4.78, 5) is 22.0. The van der Waals surface area contributed by atoms with Gasteiger partial charge in [0, 0.05) is 13.0 Å². The fraction of sp³-hybridized carbons (Fsp3) is 0.818. The Balaban J connectivity index is 3.73. The van der Waals surface area contributed by atoms with Crippen molar-refractivity contribution in [3.8, 4) is 0 Å². The van der Waals surface area contributed by atoms with E-state index in [4.69, 9.17) is 5.11 Å². The summed E-state index contributed by atoms with van der Waals surface area (Å²) < 4.78 is 0. The van der Waals surface area contributed by atoms with E-state index >= 15 is 0 Å². The van der Waals surface area contributed by atoms with Crippen molar-refractivity contribution < 1.29 is 14.7 Å². The molecule has 3 unspecified atom stereocenters. The van der Waals surface area contributed by atoms with E-state index in [2.05, 4.69) is 10.6 Å². The summed E-state index contributed by atoms with van der Waals surface area (Å²) in [5.41, 5.74) is 0. The molecule has 0 saturated carbocycles. The van der Waals surface area contributed by atoms with Gasteiger partial charge in [-0.1, -0.05) is 0 Å². The topological polar surface area (TPSA) is 78.4 Å². The lowest BCUT2D eigenvalue weighted by Crippen LogP contribution is -2.41. The van der Waals surface area contributed by atoms with Gasteiger partial charge in [-0.25, -0.2) is 0 Å². The molecule has 0 aromatic heterocycles. The predicted octanol–water partition coefficient (Wildman–Crippen LogP) is -0.171. The van der Waals surface area contributed by atoms with E-state index in [0.717, 1.165) is 6.42 Å². The first-order valence-corrected chi connectivity index (χ1v) is 5.57. The summed E-state index contributed by atoms with van der Waals surface area (Å²) in [6.07, 6.45) is -0.188. The Morgan fingerprint density at radius 1 is 1.25 bits per heavy atom. The highest BCUT2D eigenvalue weighted by Gasteiger charge is 2.17. The second-order valence-electron chi connectivity index (χ2n) is 4.14. The average molecular weight is 230 g/mol. The zero-order chi connectivity index (χ0) is 12.7. The maximum absolute atomic E-state index is 11.3.